The average Bonchev–Trinajstić information content (AvgIpc) is 3.12. The summed E-state index contributed by atoms with van der Waals surface area (Å²) in [5.41, 5.74) is 3.15. The summed E-state index contributed by atoms with van der Waals surface area (Å²) in [6.07, 6.45) is 4.64. The number of ether oxygens (including phenoxy) is 1. The van der Waals surface area contributed by atoms with Gasteiger partial charge in [-0.2, -0.15) is 8.78 Å². The predicted molar refractivity (Wildman–Crippen MR) is 119 cm³/mol. The number of hydrogen-bond acceptors (Lipinski definition) is 5. The fraction of sp³-hybridized carbons (Fsp3) is 0.0870. The number of rotatable bonds is 7. The number of aromatic nitrogens is 3. The van der Waals surface area contributed by atoms with Crippen molar-refractivity contribution >= 4 is 34.1 Å². The molecule has 4 aromatic rings. The van der Waals surface area contributed by atoms with Gasteiger partial charge in [-0.25, -0.2) is 9.97 Å². The first-order chi connectivity index (χ1) is 15.4. The molecule has 0 saturated heterocycles. The third-order valence-corrected chi connectivity index (χ3v) is 4.72. The quantitative estimate of drug-likeness (QED) is 0.395. The molecule has 0 aliphatic carbocycles. The van der Waals surface area contributed by atoms with E-state index in [2.05, 4.69) is 31.9 Å². The molecule has 2 N–H and O–H groups in total. The SMILES string of the molecule is C=CC(=O)Nc1ccc(OC(F)F)c(Nc2nccc(-c3cn(C)c4ccccc34)n2)c1. The van der Waals surface area contributed by atoms with Gasteiger partial charge in [-0.3, -0.25) is 4.79 Å². The van der Waals surface area contributed by atoms with Gasteiger partial charge in [0, 0.05) is 41.6 Å². The molecule has 0 saturated carbocycles. The molecular formula is C23H19F2N5O2. The highest BCUT2D eigenvalue weighted by atomic mass is 19.3. The summed E-state index contributed by atoms with van der Waals surface area (Å²) in [6.45, 7) is 0.371. The van der Waals surface area contributed by atoms with Crippen LogP contribution in [0.25, 0.3) is 22.2 Å². The Morgan fingerprint density at radius 3 is 2.81 bits per heavy atom. The first-order valence-corrected chi connectivity index (χ1v) is 9.61. The maximum absolute atomic E-state index is 12.9. The van der Waals surface area contributed by atoms with Crippen molar-refractivity contribution in [3.8, 4) is 17.0 Å². The van der Waals surface area contributed by atoms with Gasteiger partial charge in [0.2, 0.25) is 11.9 Å². The highest BCUT2D eigenvalue weighted by Crippen LogP contribution is 2.33. The molecule has 32 heavy (non-hydrogen) atoms. The maximum atomic E-state index is 12.9. The van der Waals surface area contributed by atoms with Crippen molar-refractivity contribution in [1.29, 1.82) is 0 Å². The Morgan fingerprint density at radius 2 is 2.03 bits per heavy atom. The first-order valence-electron chi connectivity index (χ1n) is 9.61. The third kappa shape index (κ3) is 4.41. The number of amides is 1. The lowest BCUT2D eigenvalue weighted by molar-refractivity contribution is -0.111. The van der Waals surface area contributed by atoms with E-state index in [0.29, 0.717) is 11.4 Å². The normalized spacial score (nSPS) is 10.9. The number of anilines is 3. The molecular weight excluding hydrogens is 416 g/mol. The number of nitrogens with zero attached hydrogens (tertiary/aromatic N) is 3. The van der Waals surface area contributed by atoms with Crippen LogP contribution in [0.1, 0.15) is 0 Å². The molecule has 0 aliphatic rings. The van der Waals surface area contributed by atoms with E-state index < -0.39 is 12.5 Å². The van der Waals surface area contributed by atoms with Gasteiger partial charge in [0.05, 0.1) is 11.4 Å². The van der Waals surface area contributed by atoms with Gasteiger partial charge in [0.1, 0.15) is 5.75 Å². The van der Waals surface area contributed by atoms with Crippen molar-refractivity contribution in [2.24, 2.45) is 7.05 Å². The van der Waals surface area contributed by atoms with Crippen LogP contribution in [0.4, 0.5) is 26.1 Å². The van der Waals surface area contributed by atoms with E-state index >= 15 is 0 Å². The lowest BCUT2D eigenvalue weighted by Crippen LogP contribution is -2.09. The second kappa shape index (κ2) is 8.84. The molecule has 9 heteroatoms. The Morgan fingerprint density at radius 1 is 1.22 bits per heavy atom. The number of carbonyl (C=O) groups is 1. The van der Waals surface area contributed by atoms with Gasteiger partial charge >= 0.3 is 6.61 Å². The minimum absolute atomic E-state index is 0.115. The lowest BCUT2D eigenvalue weighted by atomic mass is 10.1. The van der Waals surface area contributed by atoms with Crippen molar-refractivity contribution in [3.05, 3.63) is 73.6 Å². The van der Waals surface area contributed by atoms with E-state index in [1.807, 2.05) is 42.1 Å². The summed E-state index contributed by atoms with van der Waals surface area (Å²) in [6, 6.07) is 13.9. The van der Waals surface area contributed by atoms with Crippen LogP contribution in [-0.4, -0.2) is 27.1 Å². The third-order valence-electron chi connectivity index (χ3n) is 4.72. The largest absolute Gasteiger partial charge is 0.433 e. The first kappa shape index (κ1) is 21.0. The zero-order valence-electron chi connectivity index (χ0n) is 17.0. The molecule has 2 aromatic carbocycles. The van der Waals surface area contributed by atoms with Crippen LogP contribution in [0.3, 0.4) is 0 Å². The van der Waals surface area contributed by atoms with E-state index in [-0.39, 0.29) is 17.4 Å². The molecule has 7 nitrogen and oxygen atoms in total. The molecule has 1 amide bonds. The molecule has 0 radical (unpaired) electrons. The Bertz CT molecular complexity index is 1300. The Labute approximate surface area is 182 Å². The van der Waals surface area contributed by atoms with Gasteiger partial charge in [-0.05, 0) is 36.4 Å². The minimum atomic E-state index is -3.02. The van der Waals surface area contributed by atoms with Gasteiger partial charge < -0.3 is 19.9 Å². The summed E-state index contributed by atoms with van der Waals surface area (Å²) in [7, 11) is 1.95. The fourth-order valence-corrected chi connectivity index (χ4v) is 3.33. The van der Waals surface area contributed by atoms with Crippen molar-refractivity contribution < 1.29 is 18.3 Å². The van der Waals surface area contributed by atoms with Gasteiger partial charge in [-0.15, -0.1) is 0 Å². The summed E-state index contributed by atoms with van der Waals surface area (Å²) in [5, 5.41) is 6.51. The number of halogens is 2. The molecule has 2 heterocycles. The van der Waals surface area contributed by atoms with Crippen molar-refractivity contribution in [3.63, 3.8) is 0 Å². The molecule has 2 aromatic heterocycles. The maximum Gasteiger partial charge on any atom is 0.387 e. The molecule has 0 atom stereocenters. The van der Waals surface area contributed by atoms with Crippen molar-refractivity contribution in [1.82, 2.24) is 14.5 Å². The zero-order valence-corrected chi connectivity index (χ0v) is 17.0. The Balaban J connectivity index is 1.70. The van der Waals surface area contributed by atoms with E-state index in [9.17, 15) is 13.6 Å². The van der Waals surface area contributed by atoms with E-state index in [1.165, 1.54) is 18.2 Å². The molecule has 4 rings (SSSR count). The van der Waals surface area contributed by atoms with Crippen LogP contribution in [0, 0.1) is 0 Å². The molecule has 0 aliphatic heterocycles. The number of nitrogens with one attached hydrogen (secondary N) is 2. The number of hydrogen-bond donors (Lipinski definition) is 2. The van der Waals surface area contributed by atoms with E-state index in [1.54, 1.807) is 12.3 Å². The molecule has 0 spiro atoms. The second-order valence-electron chi connectivity index (χ2n) is 6.84. The standard InChI is InChI=1S/C23H19F2N5O2/c1-3-21(31)27-14-8-9-20(32-22(24)25)18(12-14)29-23-26-11-10-17(28-23)16-13-30(2)19-7-5-4-6-15(16)19/h3-13,22H,1H2,2H3,(H,27,31)(H,26,28,29). The topological polar surface area (TPSA) is 81.1 Å². The Hall–Kier alpha value is -4.27. The lowest BCUT2D eigenvalue weighted by Gasteiger charge is -2.14. The molecule has 0 bridgehead atoms. The van der Waals surface area contributed by atoms with Gasteiger partial charge in [0.25, 0.3) is 0 Å². The van der Waals surface area contributed by atoms with Crippen LogP contribution in [0.5, 0.6) is 5.75 Å². The van der Waals surface area contributed by atoms with Crippen LogP contribution in [0.15, 0.2) is 73.6 Å². The number of carbonyl (C=O) groups excluding carboxylic acids is 1. The number of benzene rings is 2. The molecule has 162 valence electrons. The van der Waals surface area contributed by atoms with Gasteiger partial charge in [0.15, 0.2) is 0 Å². The average molecular weight is 435 g/mol. The van der Waals surface area contributed by atoms with Crippen LogP contribution in [-0.2, 0) is 11.8 Å². The van der Waals surface area contributed by atoms with Crippen LogP contribution >= 0.6 is 0 Å². The molecule has 0 unspecified atom stereocenters. The van der Waals surface area contributed by atoms with Crippen molar-refractivity contribution in [2.75, 3.05) is 10.6 Å². The molecule has 0 fully saturated rings. The minimum Gasteiger partial charge on any atom is -0.433 e. The summed E-state index contributed by atoms with van der Waals surface area (Å²) < 4.78 is 32.3. The Kier molecular flexibility index (Phi) is 5.80. The zero-order chi connectivity index (χ0) is 22.7. The van der Waals surface area contributed by atoms with Gasteiger partial charge in [-0.1, -0.05) is 24.8 Å². The highest BCUT2D eigenvalue weighted by molar-refractivity contribution is 5.99. The summed E-state index contributed by atoms with van der Waals surface area (Å²) >= 11 is 0. The summed E-state index contributed by atoms with van der Waals surface area (Å²) in [5.74, 6) is -0.370. The van der Waals surface area contributed by atoms with E-state index in [4.69, 9.17) is 0 Å². The number of aryl methyl sites for hydroxylation is 1. The number of para-hydroxylation sites is 1. The number of fused-ring (bicyclic) bond motifs is 1. The van der Waals surface area contributed by atoms with E-state index in [0.717, 1.165) is 22.5 Å². The fourth-order valence-electron chi connectivity index (χ4n) is 3.33. The smallest absolute Gasteiger partial charge is 0.387 e. The number of alkyl halides is 2. The summed E-state index contributed by atoms with van der Waals surface area (Å²) in [4.78, 5) is 20.3. The highest BCUT2D eigenvalue weighted by Gasteiger charge is 2.14. The predicted octanol–water partition coefficient (Wildman–Crippen LogP) is 5.10. The van der Waals surface area contributed by atoms with Crippen LogP contribution < -0.4 is 15.4 Å². The van der Waals surface area contributed by atoms with Crippen molar-refractivity contribution in [2.45, 2.75) is 6.61 Å². The second-order valence-corrected chi connectivity index (χ2v) is 6.84. The van der Waals surface area contributed by atoms with Crippen LogP contribution in [0.2, 0.25) is 0 Å². The monoisotopic (exact) mass is 435 g/mol.